The molecule has 1 aliphatic heterocycles. The highest BCUT2D eigenvalue weighted by atomic mass is 35.5. The molecule has 1 fully saturated rings. The van der Waals surface area contributed by atoms with Gasteiger partial charge in [0.15, 0.2) is 0 Å². The van der Waals surface area contributed by atoms with Gasteiger partial charge < -0.3 is 14.5 Å². The fourth-order valence-electron chi connectivity index (χ4n) is 3.01. The van der Waals surface area contributed by atoms with Crippen molar-refractivity contribution >= 4 is 29.3 Å². The second kappa shape index (κ2) is 8.77. The van der Waals surface area contributed by atoms with Gasteiger partial charge in [-0.15, -0.1) is 0 Å². The highest BCUT2D eigenvalue weighted by Crippen LogP contribution is 2.28. The van der Waals surface area contributed by atoms with Gasteiger partial charge in [0.05, 0.1) is 12.3 Å². The number of hydrogen-bond donors (Lipinski definition) is 0. The van der Waals surface area contributed by atoms with E-state index in [0.717, 1.165) is 30.1 Å². The Morgan fingerprint density at radius 2 is 1.77 bits per heavy atom. The molecule has 1 aliphatic rings. The molecule has 0 unspecified atom stereocenters. The van der Waals surface area contributed by atoms with Crippen molar-refractivity contribution in [2.45, 2.75) is 6.92 Å². The van der Waals surface area contributed by atoms with Gasteiger partial charge in [-0.05, 0) is 42.8 Å². The van der Waals surface area contributed by atoms with Crippen LogP contribution in [0.15, 0.2) is 54.6 Å². The van der Waals surface area contributed by atoms with Crippen LogP contribution in [-0.2, 0) is 4.79 Å². The van der Waals surface area contributed by atoms with Crippen molar-refractivity contribution in [3.05, 3.63) is 65.2 Å². The molecule has 0 bridgehead atoms. The second-order valence-electron chi connectivity index (χ2n) is 6.10. The van der Waals surface area contributed by atoms with Gasteiger partial charge in [-0.2, -0.15) is 0 Å². The summed E-state index contributed by atoms with van der Waals surface area (Å²) in [6.07, 6.45) is 3.46. The summed E-state index contributed by atoms with van der Waals surface area (Å²) in [4.78, 5) is 16.6. The molecule has 0 N–H and O–H groups in total. The van der Waals surface area contributed by atoms with E-state index in [4.69, 9.17) is 16.3 Å². The average Bonchev–Trinajstić information content (AvgIpc) is 2.68. The Labute approximate surface area is 159 Å². The lowest BCUT2D eigenvalue weighted by molar-refractivity contribution is -0.126. The zero-order chi connectivity index (χ0) is 18.4. The number of hydrogen-bond acceptors (Lipinski definition) is 3. The minimum absolute atomic E-state index is 0.0395. The number of nitrogens with zero attached hydrogens (tertiary/aromatic N) is 2. The lowest BCUT2D eigenvalue weighted by Gasteiger charge is -2.36. The number of piperazine rings is 1. The summed E-state index contributed by atoms with van der Waals surface area (Å²) >= 11 is 5.88. The maximum atomic E-state index is 12.4. The molecule has 1 heterocycles. The van der Waals surface area contributed by atoms with Crippen LogP contribution in [0.3, 0.4) is 0 Å². The lowest BCUT2D eigenvalue weighted by atomic mass is 10.2. The van der Waals surface area contributed by atoms with E-state index in [1.165, 1.54) is 0 Å². The highest BCUT2D eigenvalue weighted by Gasteiger charge is 2.21. The summed E-state index contributed by atoms with van der Waals surface area (Å²) in [6.45, 7) is 5.62. The van der Waals surface area contributed by atoms with Gasteiger partial charge in [0, 0.05) is 37.3 Å². The molecule has 136 valence electrons. The van der Waals surface area contributed by atoms with Crippen molar-refractivity contribution < 1.29 is 9.53 Å². The van der Waals surface area contributed by atoms with Gasteiger partial charge in [0.1, 0.15) is 5.75 Å². The first-order valence-corrected chi connectivity index (χ1v) is 9.24. The van der Waals surface area contributed by atoms with E-state index in [9.17, 15) is 4.79 Å². The van der Waals surface area contributed by atoms with E-state index in [1.54, 1.807) is 6.08 Å². The first-order valence-electron chi connectivity index (χ1n) is 8.86. The largest absolute Gasteiger partial charge is 0.492 e. The standard InChI is InChI=1S/C21H23ClN2O2/c1-2-26-20-6-4-3-5-19(20)23-13-15-24(16-14-23)21(25)12-9-17-7-10-18(22)11-8-17/h3-12H,2,13-16H2,1H3. The Bertz CT molecular complexity index is 766. The molecule has 1 amide bonds. The topological polar surface area (TPSA) is 32.8 Å². The van der Waals surface area contributed by atoms with Crippen LogP contribution < -0.4 is 9.64 Å². The monoisotopic (exact) mass is 370 g/mol. The Balaban J connectivity index is 1.58. The molecule has 0 atom stereocenters. The third-order valence-electron chi connectivity index (χ3n) is 4.39. The third kappa shape index (κ3) is 4.58. The van der Waals surface area contributed by atoms with Crippen LogP contribution in [0.4, 0.5) is 5.69 Å². The van der Waals surface area contributed by atoms with Gasteiger partial charge in [-0.1, -0.05) is 35.9 Å². The summed E-state index contributed by atoms with van der Waals surface area (Å²) < 4.78 is 5.72. The molecule has 0 aromatic heterocycles. The van der Waals surface area contributed by atoms with Crippen LogP contribution in [0.2, 0.25) is 5.02 Å². The van der Waals surface area contributed by atoms with Gasteiger partial charge in [-0.3, -0.25) is 4.79 Å². The molecule has 0 aliphatic carbocycles. The summed E-state index contributed by atoms with van der Waals surface area (Å²) in [5, 5.41) is 0.692. The second-order valence-corrected chi connectivity index (χ2v) is 6.53. The highest BCUT2D eigenvalue weighted by molar-refractivity contribution is 6.30. The van der Waals surface area contributed by atoms with E-state index in [1.807, 2.05) is 60.4 Å². The van der Waals surface area contributed by atoms with Crippen molar-refractivity contribution in [2.24, 2.45) is 0 Å². The number of rotatable bonds is 5. The first kappa shape index (κ1) is 18.3. The van der Waals surface area contributed by atoms with Crippen molar-refractivity contribution in [3.8, 4) is 5.75 Å². The molecule has 0 spiro atoms. The Morgan fingerprint density at radius 1 is 1.08 bits per heavy atom. The minimum Gasteiger partial charge on any atom is -0.492 e. The predicted molar refractivity (Wildman–Crippen MR) is 107 cm³/mol. The molecule has 0 saturated carbocycles. The quantitative estimate of drug-likeness (QED) is 0.743. The summed E-state index contributed by atoms with van der Waals surface area (Å²) in [6, 6.07) is 15.5. The lowest BCUT2D eigenvalue weighted by Crippen LogP contribution is -2.48. The molecule has 26 heavy (non-hydrogen) atoms. The van der Waals surface area contributed by atoms with Crippen LogP contribution in [0, 0.1) is 0 Å². The zero-order valence-electron chi connectivity index (χ0n) is 14.9. The first-order chi connectivity index (χ1) is 12.7. The van der Waals surface area contributed by atoms with Crippen molar-refractivity contribution in [3.63, 3.8) is 0 Å². The number of para-hydroxylation sites is 2. The molecule has 5 heteroatoms. The molecule has 0 radical (unpaired) electrons. The van der Waals surface area contributed by atoms with Crippen LogP contribution in [0.25, 0.3) is 6.08 Å². The summed E-state index contributed by atoms with van der Waals surface area (Å²) in [5.41, 5.74) is 2.06. The molecule has 2 aromatic rings. The van der Waals surface area contributed by atoms with E-state index >= 15 is 0 Å². The van der Waals surface area contributed by atoms with Crippen LogP contribution >= 0.6 is 11.6 Å². The molecular formula is C21H23ClN2O2. The number of ether oxygens (including phenoxy) is 1. The Morgan fingerprint density at radius 3 is 2.46 bits per heavy atom. The van der Waals surface area contributed by atoms with E-state index in [2.05, 4.69) is 11.0 Å². The Kier molecular flexibility index (Phi) is 6.18. The van der Waals surface area contributed by atoms with Crippen molar-refractivity contribution in [1.29, 1.82) is 0 Å². The van der Waals surface area contributed by atoms with E-state index in [-0.39, 0.29) is 5.91 Å². The van der Waals surface area contributed by atoms with E-state index < -0.39 is 0 Å². The SMILES string of the molecule is CCOc1ccccc1N1CCN(C(=O)C=Cc2ccc(Cl)cc2)CC1. The van der Waals surface area contributed by atoms with Gasteiger partial charge in [0.2, 0.25) is 5.91 Å². The normalized spacial score (nSPS) is 14.7. The average molecular weight is 371 g/mol. The number of carbonyl (C=O) groups excluding carboxylic acids is 1. The maximum Gasteiger partial charge on any atom is 0.246 e. The van der Waals surface area contributed by atoms with E-state index in [0.29, 0.717) is 24.7 Å². The number of anilines is 1. The number of benzene rings is 2. The summed E-state index contributed by atoms with van der Waals surface area (Å²) in [7, 11) is 0. The minimum atomic E-state index is 0.0395. The molecule has 3 rings (SSSR count). The van der Waals surface area contributed by atoms with Gasteiger partial charge >= 0.3 is 0 Å². The number of amides is 1. The predicted octanol–water partition coefficient (Wildman–Crippen LogP) is 4.10. The van der Waals surface area contributed by atoms with Crippen molar-refractivity contribution in [2.75, 3.05) is 37.7 Å². The Hall–Kier alpha value is -2.46. The fraction of sp³-hybridized carbons (Fsp3) is 0.286. The molecule has 1 saturated heterocycles. The smallest absolute Gasteiger partial charge is 0.246 e. The third-order valence-corrected chi connectivity index (χ3v) is 4.64. The van der Waals surface area contributed by atoms with Crippen LogP contribution in [0.5, 0.6) is 5.75 Å². The van der Waals surface area contributed by atoms with Crippen molar-refractivity contribution in [1.82, 2.24) is 4.90 Å². The fourth-order valence-corrected chi connectivity index (χ4v) is 3.14. The van der Waals surface area contributed by atoms with Crippen LogP contribution in [-0.4, -0.2) is 43.6 Å². The maximum absolute atomic E-state index is 12.4. The number of carbonyl (C=O) groups is 1. The molecular weight excluding hydrogens is 348 g/mol. The zero-order valence-corrected chi connectivity index (χ0v) is 15.7. The van der Waals surface area contributed by atoms with Gasteiger partial charge in [-0.25, -0.2) is 0 Å². The summed E-state index contributed by atoms with van der Waals surface area (Å²) in [5.74, 6) is 0.940. The number of halogens is 1. The molecule has 2 aromatic carbocycles. The molecule has 4 nitrogen and oxygen atoms in total. The van der Waals surface area contributed by atoms with Crippen LogP contribution in [0.1, 0.15) is 12.5 Å². The van der Waals surface area contributed by atoms with Gasteiger partial charge in [0.25, 0.3) is 0 Å².